The lowest BCUT2D eigenvalue weighted by molar-refractivity contribution is -0.124. The molecule has 122 valence electrons. The Kier molecular flexibility index (Phi) is 7.65. The van der Waals surface area contributed by atoms with Crippen LogP contribution < -0.4 is 10.6 Å². The second-order valence-electron chi connectivity index (χ2n) is 5.09. The van der Waals surface area contributed by atoms with Crippen LogP contribution in [0.25, 0.3) is 0 Å². The van der Waals surface area contributed by atoms with Gasteiger partial charge in [-0.3, -0.25) is 14.5 Å². The Balaban J connectivity index is 2.58. The van der Waals surface area contributed by atoms with E-state index in [0.29, 0.717) is 22.3 Å². The first kappa shape index (κ1) is 18.7. The van der Waals surface area contributed by atoms with E-state index < -0.39 is 6.04 Å². The molecule has 7 heteroatoms. The Morgan fingerprint density at radius 2 is 1.82 bits per heavy atom. The highest BCUT2D eigenvalue weighted by Crippen LogP contribution is 2.22. The quantitative estimate of drug-likeness (QED) is 0.798. The fraction of sp³-hybridized carbons (Fsp3) is 0.467. The van der Waals surface area contributed by atoms with Gasteiger partial charge in [-0.2, -0.15) is 0 Å². The van der Waals surface area contributed by atoms with Crippen LogP contribution in [0.1, 0.15) is 20.3 Å². The van der Waals surface area contributed by atoms with Crippen LogP contribution in [0.4, 0.5) is 5.69 Å². The zero-order chi connectivity index (χ0) is 16.7. The number of likely N-dealkylation sites (N-methyl/N-ethyl adjacent to an activating group) is 1. The van der Waals surface area contributed by atoms with Crippen LogP contribution >= 0.6 is 23.2 Å². The third-order valence-corrected chi connectivity index (χ3v) is 3.57. The molecule has 0 fully saturated rings. The maximum absolute atomic E-state index is 12.2. The zero-order valence-electron chi connectivity index (χ0n) is 13.0. The van der Waals surface area contributed by atoms with Gasteiger partial charge in [0.15, 0.2) is 0 Å². The molecule has 0 aliphatic carbocycles. The van der Waals surface area contributed by atoms with Crippen molar-refractivity contribution >= 4 is 40.7 Å². The number of halogens is 2. The Labute approximate surface area is 141 Å². The highest BCUT2D eigenvalue weighted by Gasteiger charge is 2.20. The molecule has 1 rings (SSSR count). The lowest BCUT2D eigenvalue weighted by Crippen LogP contribution is -2.44. The Bertz CT molecular complexity index is 517. The van der Waals surface area contributed by atoms with Crippen LogP contribution in [0.3, 0.4) is 0 Å². The SMILES string of the molecule is CCCNC(=O)CN(C)[C@@H](C)C(=O)Nc1cc(Cl)cc(Cl)c1. The van der Waals surface area contributed by atoms with E-state index in [-0.39, 0.29) is 18.4 Å². The fourth-order valence-electron chi connectivity index (χ4n) is 1.76. The average molecular weight is 346 g/mol. The molecular formula is C15H21Cl2N3O2. The molecule has 0 spiro atoms. The predicted octanol–water partition coefficient (Wildman–Crippen LogP) is 2.78. The number of carbonyl (C=O) groups excluding carboxylic acids is 2. The van der Waals surface area contributed by atoms with Gasteiger partial charge in [-0.05, 0) is 38.6 Å². The minimum absolute atomic E-state index is 0.102. The monoisotopic (exact) mass is 345 g/mol. The Morgan fingerprint density at radius 1 is 1.23 bits per heavy atom. The number of rotatable bonds is 7. The highest BCUT2D eigenvalue weighted by molar-refractivity contribution is 6.35. The van der Waals surface area contributed by atoms with Gasteiger partial charge in [0.05, 0.1) is 12.6 Å². The smallest absolute Gasteiger partial charge is 0.241 e. The van der Waals surface area contributed by atoms with Crippen LogP contribution in [-0.4, -0.2) is 42.9 Å². The first-order valence-electron chi connectivity index (χ1n) is 7.07. The topological polar surface area (TPSA) is 61.4 Å². The van der Waals surface area contributed by atoms with Gasteiger partial charge in [-0.25, -0.2) is 0 Å². The van der Waals surface area contributed by atoms with E-state index >= 15 is 0 Å². The van der Waals surface area contributed by atoms with Crippen molar-refractivity contribution < 1.29 is 9.59 Å². The van der Waals surface area contributed by atoms with Gasteiger partial charge >= 0.3 is 0 Å². The molecular weight excluding hydrogens is 325 g/mol. The molecule has 0 saturated heterocycles. The molecule has 0 saturated carbocycles. The second kappa shape index (κ2) is 8.98. The van der Waals surface area contributed by atoms with Gasteiger partial charge < -0.3 is 10.6 Å². The molecule has 22 heavy (non-hydrogen) atoms. The second-order valence-corrected chi connectivity index (χ2v) is 5.96. The van der Waals surface area contributed by atoms with E-state index in [9.17, 15) is 9.59 Å². The largest absolute Gasteiger partial charge is 0.355 e. The number of carbonyl (C=O) groups is 2. The zero-order valence-corrected chi connectivity index (χ0v) is 14.5. The van der Waals surface area contributed by atoms with E-state index in [1.807, 2.05) is 6.92 Å². The van der Waals surface area contributed by atoms with E-state index in [2.05, 4.69) is 10.6 Å². The minimum Gasteiger partial charge on any atom is -0.355 e. The summed E-state index contributed by atoms with van der Waals surface area (Å²) in [7, 11) is 1.72. The lowest BCUT2D eigenvalue weighted by atomic mass is 10.2. The summed E-state index contributed by atoms with van der Waals surface area (Å²) in [6.07, 6.45) is 0.876. The maximum atomic E-state index is 12.2. The lowest BCUT2D eigenvalue weighted by Gasteiger charge is -2.23. The highest BCUT2D eigenvalue weighted by atomic mass is 35.5. The summed E-state index contributed by atoms with van der Waals surface area (Å²) in [5.41, 5.74) is 0.526. The Morgan fingerprint density at radius 3 is 2.36 bits per heavy atom. The first-order chi connectivity index (χ1) is 10.3. The number of anilines is 1. The third kappa shape index (κ3) is 6.22. The van der Waals surface area contributed by atoms with Crippen molar-refractivity contribution in [1.29, 1.82) is 0 Å². The Hall–Kier alpha value is -1.30. The minimum atomic E-state index is -0.467. The fourth-order valence-corrected chi connectivity index (χ4v) is 2.28. The number of nitrogens with one attached hydrogen (secondary N) is 2. The van der Waals surface area contributed by atoms with Gasteiger partial charge in [0.2, 0.25) is 11.8 Å². The third-order valence-electron chi connectivity index (χ3n) is 3.14. The van der Waals surface area contributed by atoms with Crippen molar-refractivity contribution in [3.05, 3.63) is 28.2 Å². The number of benzene rings is 1. The van der Waals surface area contributed by atoms with Gasteiger partial charge in [-0.1, -0.05) is 30.1 Å². The van der Waals surface area contributed by atoms with E-state index in [1.165, 1.54) is 0 Å². The van der Waals surface area contributed by atoms with E-state index in [4.69, 9.17) is 23.2 Å². The molecule has 5 nitrogen and oxygen atoms in total. The maximum Gasteiger partial charge on any atom is 0.241 e. The number of hydrogen-bond donors (Lipinski definition) is 2. The molecule has 1 atom stereocenters. The molecule has 0 radical (unpaired) electrons. The summed E-state index contributed by atoms with van der Waals surface area (Å²) in [4.78, 5) is 25.5. The summed E-state index contributed by atoms with van der Waals surface area (Å²) in [5.74, 6) is -0.334. The van der Waals surface area contributed by atoms with Crippen molar-refractivity contribution in [3.8, 4) is 0 Å². The molecule has 0 unspecified atom stereocenters. The van der Waals surface area contributed by atoms with Gasteiger partial charge in [-0.15, -0.1) is 0 Å². The van der Waals surface area contributed by atoms with E-state index in [1.54, 1.807) is 37.1 Å². The van der Waals surface area contributed by atoms with Gasteiger partial charge in [0.25, 0.3) is 0 Å². The van der Waals surface area contributed by atoms with Crippen molar-refractivity contribution in [2.75, 3.05) is 25.5 Å². The molecule has 2 amide bonds. The van der Waals surface area contributed by atoms with Crippen LogP contribution in [0, 0.1) is 0 Å². The predicted molar refractivity (Wildman–Crippen MR) is 90.5 cm³/mol. The summed E-state index contributed by atoms with van der Waals surface area (Å²) in [6.45, 7) is 4.50. The molecule has 1 aromatic carbocycles. The van der Waals surface area contributed by atoms with Crippen molar-refractivity contribution in [2.45, 2.75) is 26.3 Å². The summed E-state index contributed by atoms with van der Waals surface area (Å²) in [5, 5.41) is 6.41. The average Bonchev–Trinajstić information content (AvgIpc) is 2.42. The van der Waals surface area contributed by atoms with Crippen LogP contribution in [0.5, 0.6) is 0 Å². The summed E-state index contributed by atoms with van der Waals surface area (Å²) < 4.78 is 0. The molecule has 0 aliphatic rings. The van der Waals surface area contributed by atoms with Crippen LogP contribution in [0.15, 0.2) is 18.2 Å². The first-order valence-corrected chi connectivity index (χ1v) is 7.83. The van der Waals surface area contributed by atoms with Crippen LogP contribution in [-0.2, 0) is 9.59 Å². The molecule has 0 heterocycles. The molecule has 2 N–H and O–H groups in total. The molecule has 0 aromatic heterocycles. The molecule has 0 bridgehead atoms. The summed E-state index contributed by atoms with van der Waals surface area (Å²) >= 11 is 11.8. The van der Waals surface area contributed by atoms with Crippen molar-refractivity contribution in [1.82, 2.24) is 10.2 Å². The van der Waals surface area contributed by atoms with Gasteiger partial charge in [0.1, 0.15) is 0 Å². The number of nitrogens with zero attached hydrogens (tertiary/aromatic N) is 1. The van der Waals surface area contributed by atoms with E-state index in [0.717, 1.165) is 6.42 Å². The van der Waals surface area contributed by atoms with Crippen LogP contribution in [0.2, 0.25) is 10.0 Å². The van der Waals surface area contributed by atoms with Crippen molar-refractivity contribution in [2.24, 2.45) is 0 Å². The van der Waals surface area contributed by atoms with Gasteiger partial charge in [0, 0.05) is 22.3 Å². The number of amides is 2. The normalized spacial score (nSPS) is 12.1. The molecule has 1 aromatic rings. The standard InChI is InChI=1S/C15H21Cl2N3O2/c1-4-5-18-14(21)9-20(3)10(2)15(22)19-13-7-11(16)6-12(17)8-13/h6-8,10H,4-5,9H2,1-3H3,(H,18,21)(H,19,22)/t10-/m0/s1. The molecule has 0 aliphatic heterocycles. The number of hydrogen-bond acceptors (Lipinski definition) is 3. The summed E-state index contributed by atoms with van der Waals surface area (Å²) in [6, 6.07) is 4.36. The van der Waals surface area contributed by atoms with Crippen molar-refractivity contribution in [3.63, 3.8) is 0 Å².